The van der Waals surface area contributed by atoms with E-state index in [4.69, 9.17) is 4.98 Å². The minimum Gasteiger partial charge on any atom is -0.309 e. The highest BCUT2D eigenvalue weighted by atomic mass is 127. The summed E-state index contributed by atoms with van der Waals surface area (Å²) >= 11 is 2.12. The van der Waals surface area contributed by atoms with E-state index < -0.39 is 0 Å². The molecule has 1 N–H and O–H groups in total. The van der Waals surface area contributed by atoms with E-state index in [0.717, 1.165) is 33.8 Å². The SMILES string of the molecule is CCCc1nc(C2CCC(CC)CC2)[nH]c(=O)c1I. The Kier molecular flexibility index (Phi) is 5.42. The van der Waals surface area contributed by atoms with Crippen LogP contribution in [0.15, 0.2) is 4.79 Å². The monoisotopic (exact) mass is 374 g/mol. The van der Waals surface area contributed by atoms with Gasteiger partial charge >= 0.3 is 0 Å². The second-order valence-electron chi connectivity index (χ2n) is 5.59. The molecule has 106 valence electrons. The van der Waals surface area contributed by atoms with E-state index in [9.17, 15) is 4.79 Å². The molecule has 0 radical (unpaired) electrons. The van der Waals surface area contributed by atoms with E-state index in [2.05, 4.69) is 41.4 Å². The highest BCUT2D eigenvalue weighted by Gasteiger charge is 2.23. The lowest BCUT2D eigenvalue weighted by Crippen LogP contribution is -2.22. The molecule has 1 aliphatic rings. The molecule has 0 atom stereocenters. The third-order valence-corrected chi connectivity index (χ3v) is 5.36. The lowest BCUT2D eigenvalue weighted by molar-refractivity contribution is 0.311. The predicted octanol–water partition coefficient (Wildman–Crippen LogP) is 4.01. The Labute approximate surface area is 128 Å². The highest BCUT2D eigenvalue weighted by Crippen LogP contribution is 2.35. The highest BCUT2D eigenvalue weighted by molar-refractivity contribution is 14.1. The van der Waals surface area contributed by atoms with E-state index in [1.165, 1.54) is 32.1 Å². The van der Waals surface area contributed by atoms with Gasteiger partial charge in [-0.15, -0.1) is 0 Å². The van der Waals surface area contributed by atoms with Crippen molar-refractivity contribution in [3.05, 3.63) is 25.4 Å². The lowest BCUT2D eigenvalue weighted by Gasteiger charge is -2.27. The maximum absolute atomic E-state index is 12.0. The van der Waals surface area contributed by atoms with Gasteiger partial charge in [0.25, 0.3) is 5.56 Å². The summed E-state index contributed by atoms with van der Waals surface area (Å²) in [7, 11) is 0. The Bertz CT molecular complexity index is 476. The molecule has 1 aromatic rings. The van der Waals surface area contributed by atoms with Gasteiger partial charge in [0.2, 0.25) is 0 Å². The number of hydrogen-bond acceptors (Lipinski definition) is 2. The number of H-pyrrole nitrogens is 1. The van der Waals surface area contributed by atoms with Crippen molar-refractivity contribution in [3.8, 4) is 0 Å². The smallest absolute Gasteiger partial charge is 0.264 e. The number of aromatic nitrogens is 2. The van der Waals surface area contributed by atoms with Crippen molar-refractivity contribution in [2.75, 3.05) is 0 Å². The molecule has 0 spiro atoms. The number of nitrogens with zero attached hydrogens (tertiary/aromatic N) is 1. The zero-order valence-corrected chi connectivity index (χ0v) is 14.0. The van der Waals surface area contributed by atoms with Gasteiger partial charge in [-0.1, -0.05) is 26.7 Å². The van der Waals surface area contributed by atoms with Crippen LogP contribution in [-0.2, 0) is 6.42 Å². The van der Waals surface area contributed by atoms with E-state index >= 15 is 0 Å². The summed E-state index contributed by atoms with van der Waals surface area (Å²) < 4.78 is 0.769. The van der Waals surface area contributed by atoms with Gasteiger partial charge in [0.15, 0.2) is 0 Å². The number of halogens is 1. The fraction of sp³-hybridized carbons (Fsp3) is 0.733. The van der Waals surface area contributed by atoms with Crippen molar-refractivity contribution < 1.29 is 0 Å². The number of aromatic amines is 1. The Morgan fingerprint density at radius 3 is 2.53 bits per heavy atom. The average Bonchev–Trinajstić information content (AvgIpc) is 2.44. The fourth-order valence-electron chi connectivity index (χ4n) is 2.96. The molecule has 0 unspecified atom stereocenters. The Balaban J connectivity index is 2.19. The summed E-state index contributed by atoms with van der Waals surface area (Å²) in [6.45, 7) is 4.40. The molecule has 0 saturated heterocycles. The first-order valence-electron chi connectivity index (χ1n) is 7.44. The first kappa shape index (κ1) is 15.0. The maximum atomic E-state index is 12.0. The number of aryl methyl sites for hydroxylation is 1. The fourth-order valence-corrected chi connectivity index (χ4v) is 3.49. The molecule has 19 heavy (non-hydrogen) atoms. The Morgan fingerprint density at radius 1 is 1.26 bits per heavy atom. The molecule has 0 aromatic carbocycles. The summed E-state index contributed by atoms with van der Waals surface area (Å²) in [5.41, 5.74) is 1.03. The summed E-state index contributed by atoms with van der Waals surface area (Å²) in [5.74, 6) is 2.27. The van der Waals surface area contributed by atoms with Crippen molar-refractivity contribution in [1.29, 1.82) is 0 Å². The van der Waals surface area contributed by atoms with Crippen molar-refractivity contribution in [1.82, 2.24) is 9.97 Å². The Morgan fingerprint density at radius 2 is 1.95 bits per heavy atom. The topological polar surface area (TPSA) is 45.8 Å². The molecule has 1 fully saturated rings. The molecule has 3 nitrogen and oxygen atoms in total. The van der Waals surface area contributed by atoms with Gasteiger partial charge < -0.3 is 4.98 Å². The first-order chi connectivity index (χ1) is 9.15. The van der Waals surface area contributed by atoms with E-state index in [1.807, 2.05) is 0 Å². The molecular weight excluding hydrogens is 351 g/mol. The van der Waals surface area contributed by atoms with E-state index in [0.29, 0.717) is 5.92 Å². The molecule has 0 amide bonds. The molecule has 0 bridgehead atoms. The number of nitrogens with one attached hydrogen (secondary N) is 1. The molecule has 0 aliphatic heterocycles. The second-order valence-corrected chi connectivity index (χ2v) is 6.67. The van der Waals surface area contributed by atoms with Gasteiger partial charge in [0, 0.05) is 5.92 Å². The Hall–Kier alpha value is -0.390. The van der Waals surface area contributed by atoms with Crippen LogP contribution in [0.25, 0.3) is 0 Å². The van der Waals surface area contributed by atoms with Gasteiger partial charge in [-0.25, -0.2) is 4.98 Å². The second kappa shape index (κ2) is 6.86. The molecule has 4 heteroatoms. The molecule has 1 aromatic heterocycles. The predicted molar refractivity (Wildman–Crippen MR) is 86.6 cm³/mol. The summed E-state index contributed by atoms with van der Waals surface area (Å²) in [6.07, 6.45) is 8.12. The number of rotatable bonds is 4. The summed E-state index contributed by atoms with van der Waals surface area (Å²) in [4.78, 5) is 19.7. The van der Waals surface area contributed by atoms with Crippen LogP contribution in [0.5, 0.6) is 0 Å². The van der Waals surface area contributed by atoms with Crippen LogP contribution in [0.1, 0.15) is 69.8 Å². The maximum Gasteiger partial charge on any atom is 0.264 e. The average molecular weight is 374 g/mol. The molecule has 2 rings (SSSR count). The quantitative estimate of drug-likeness (QED) is 0.810. The standard InChI is InChI=1S/C15H23IN2O/c1-3-5-12-13(16)15(19)18-14(17-12)11-8-6-10(4-2)7-9-11/h10-11H,3-9H2,1-2H3,(H,17,18,19). The molecule has 1 aliphatic carbocycles. The van der Waals surface area contributed by atoms with Crippen LogP contribution < -0.4 is 5.56 Å². The van der Waals surface area contributed by atoms with Crippen LogP contribution >= 0.6 is 22.6 Å². The van der Waals surface area contributed by atoms with Crippen LogP contribution in [0.3, 0.4) is 0 Å². The minimum atomic E-state index is 0.0478. The zero-order valence-electron chi connectivity index (χ0n) is 11.8. The number of hydrogen-bond donors (Lipinski definition) is 1. The molecule has 1 saturated carbocycles. The third-order valence-electron chi connectivity index (χ3n) is 4.25. The van der Waals surface area contributed by atoms with Crippen LogP contribution in [0, 0.1) is 9.49 Å². The van der Waals surface area contributed by atoms with Crippen LogP contribution in [-0.4, -0.2) is 9.97 Å². The zero-order chi connectivity index (χ0) is 13.8. The molecule has 1 heterocycles. The lowest BCUT2D eigenvalue weighted by atomic mass is 9.80. The van der Waals surface area contributed by atoms with Gasteiger partial charge in [0.1, 0.15) is 5.82 Å². The van der Waals surface area contributed by atoms with Crippen LogP contribution in [0.4, 0.5) is 0 Å². The summed E-state index contributed by atoms with van der Waals surface area (Å²) in [6, 6.07) is 0. The third kappa shape index (κ3) is 3.58. The van der Waals surface area contributed by atoms with Gasteiger partial charge in [0.05, 0.1) is 9.26 Å². The van der Waals surface area contributed by atoms with E-state index in [-0.39, 0.29) is 5.56 Å². The van der Waals surface area contributed by atoms with Crippen molar-refractivity contribution in [3.63, 3.8) is 0 Å². The van der Waals surface area contributed by atoms with E-state index in [1.54, 1.807) is 0 Å². The molecular formula is C15H23IN2O. The van der Waals surface area contributed by atoms with Gasteiger partial charge in [-0.3, -0.25) is 4.79 Å². The van der Waals surface area contributed by atoms with Crippen molar-refractivity contribution >= 4 is 22.6 Å². The van der Waals surface area contributed by atoms with Gasteiger partial charge in [-0.05, 0) is 60.6 Å². The largest absolute Gasteiger partial charge is 0.309 e. The minimum absolute atomic E-state index is 0.0478. The normalized spacial score (nSPS) is 23.5. The summed E-state index contributed by atoms with van der Waals surface area (Å²) in [5, 5.41) is 0. The van der Waals surface area contributed by atoms with Crippen LogP contribution in [0.2, 0.25) is 0 Å². The van der Waals surface area contributed by atoms with Gasteiger partial charge in [-0.2, -0.15) is 0 Å². The van der Waals surface area contributed by atoms with Crippen molar-refractivity contribution in [2.45, 2.75) is 64.7 Å². The van der Waals surface area contributed by atoms with Crippen molar-refractivity contribution in [2.24, 2.45) is 5.92 Å². The first-order valence-corrected chi connectivity index (χ1v) is 8.52.